The summed E-state index contributed by atoms with van der Waals surface area (Å²) in [7, 11) is 0. The van der Waals surface area contributed by atoms with Crippen LogP contribution in [0, 0.1) is 0 Å². The highest BCUT2D eigenvalue weighted by Gasteiger charge is 2.44. The van der Waals surface area contributed by atoms with Gasteiger partial charge in [-0.05, 0) is 56.2 Å². The van der Waals surface area contributed by atoms with Crippen LogP contribution in [-0.4, -0.2) is 57.7 Å². The molecule has 1 aliphatic rings. The first-order valence-electron chi connectivity index (χ1n) is 12.8. The highest BCUT2D eigenvalue weighted by molar-refractivity contribution is 5.28. The topological polar surface area (TPSA) is 99.4 Å². The van der Waals surface area contributed by atoms with E-state index in [0.29, 0.717) is 5.75 Å². The molecule has 6 heteroatoms. The van der Waals surface area contributed by atoms with Crippen LogP contribution in [0.1, 0.15) is 83.1 Å². The SMILES string of the molecule is CCCCCC/C=C\CCCCCCCc1cccc(O[C@@H]2O[C@H](CO)[C@H](O)[C@H](O)[C@H]2O)c1. The number of aryl methyl sites for hydroxylation is 1. The van der Waals surface area contributed by atoms with E-state index in [1.165, 1.54) is 64.2 Å². The van der Waals surface area contributed by atoms with Crippen molar-refractivity contribution in [1.82, 2.24) is 0 Å². The fourth-order valence-electron chi connectivity index (χ4n) is 4.12. The van der Waals surface area contributed by atoms with Crippen molar-refractivity contribution in [2.75, 3.05) is 6.61 Å². The van der Waals surface area contributed by atoms with Crippen LogP contribution in [0.25, 0.3) is 0 Å². The average Bonchev–Trinajstić information content (AvgIpc) is 2.82. The number of unbranched alkanes of at least 4 members (excludes halogenated alkanes) is 9. The summed E-state index contributed by atoms with van der Waals surface area (Å²) >= 11 is 0. The number of ether oxygens (including phenoxy) is 2. The first-order chi connectivity index (χ1) is 16.1. The van der Waals surface area contributed by atoms with E-state index in [9.17, 15) is 20.4 Å². The summed E-state index contributed by atoms with van der Waals surface area (Å²) in [6.07, 6.45) is 13.1. The Hall–Kier alpha value is -1.44. The molecule has 2 rings (SSSR count). The monoisotopic (exact) mass is 464 g/mol. The van der Waals surface area contributed by atoms with Gasteiger partial charge in [-0.1, -0.05) is 69.7 Å². The number of hydrogen-bond acceptors (Lipinski definition) is 6. The van der Waals surface area contributed by atoms with Crippen LogP contribution < -0.4 is 4.74 Å². The maximum absolute atomic E-state index is 10.1. The van der Waals surface area contributed by atoms with Gasteiger partial charge in [-0.2, -0.15) is 0 Å². The van der Waals surface area contributed by atoms with Gasteiger partial charge in [0.1, 0.15) is 30.2 Å². The van der Waals surface area contributed by atoms with Gasteiger partial charge in [0.2, 0.25) is 6.29 Å². The number of rotatable bonds is 16. The zero-order valence-electron chi connectivity index (χ0n) is 20.1. The van der Waals surface area contributed by atoms with Crippen LogP contribution >= 0.6 is 0 Å². The fraction of sp³-hybridized carbons (Fsp3) is 0.704. The second kappa shape index (κ2) is 16.2. The van der Waals surface area contributed by atoms with Crippen molar-refractivity contribution in [3.63, 3.8) is 0 Å². The molecule has 1 aromatic rings. The number of aliphatic hydroxyl groups excluding tert-OH is 4. The van der Waals surface area contributed by atoms with Crippen LogP contribution in [0.15, 0.2) is 36.4 Å². The number of aliphatic hydroxyl groups is 4. The number of allylic oxidation sites excluding steroid dienone is 2. The molecule has 188 valence electrons. The van der Waals surface area contributed by atoms with E-state index in [2.05, 4.69) is 19.1 Å². The van der Waals surface area contributed by atoms with E-state index in [0.717, 1.165) is 18.4 Å². The molecule has 0 aliphatic carbocycles. The summed E-state index contributed by atoms with van der Waals surface area (Å²) in [6.45, 7) is 1.77. The van der Waals surface area contributed by atoms with Crippen molar-refractivity contribution in [2.24, 2.45) is 0 Å². The molecule has 1 aliphatic heterocycles. The number of hydrogen-bond donors (Lipinski definition) is 4. The lowest BCUT2D eigenvalue weighted by Crippen LogP contribution is -2.60. The molecule has 4 N–H and O–H groups in total. The Morgan fingerprint density at radius 3 is 2.21 bits per heavy atom. The molecule has 0 unspecified atom stereocenters. The molecule has 5 atom stereocenters. The van der Waals surface area contributed by atoms with E-state index in [1.807, 2.05) is 18.2 Å². The van der Waals surface area contributed by atoms with Crippen LogP contribution in [0.4, 0.5) is 0 Å². The quantitative estimate of drug-likeness (QED) is 0.215. The molecule has 1 fully saturated rings. The smallest absolute Gasteiger partial charge is 0.229 e. The van der Waals surface area contributed by atoms with Gasteiger partial charge in [0.05, 0.1) is 6.61 Å². The Labute approximate surface area is 199 Å². The molecule has 0 radical (unpaired) electrons. The normalized spacial score (nSPS) is 25.5. The van der Waals surface area contributed by atoms with Gasteiger partial charge in [-0.15, -0.1) is 0 Å². The van der Waals surface area contributed by atoms with Crippen molar-refractivity contribution < 1.29 is 29.9 Å². The van der Waals surface area contributed by atoms with Crippen molar-refractivity contribution in [3.05, 3.63) is 42.0 Å². The Morgan fingerprint density at radius 2 is 1.52 bits per heavy atom. The van der Waals surface area contributed by atoms with Gasteiger partial charge in [0, 0.05) is 0 Å². The van der Waals surface area contributed by atoms with Gasteiger partial charge in [-0.3, -0.25) is 0 Å². The van der Waals surface area contributed by atoms with Gasteiger partial charge < -0.3 is 29.9 Å². The van der Waals surface area contributed by atoms with Crippen molar-refractivity contribution in [1.29, 1.82) is 0 Å². The highest BCUT2D eigenvalue weighted by atomic mass is 16.7. The first kappa shape index (κ1) is 27.8. The van der Waals surface area contributed by atoms with Crippen LogP contribution in [0.3, 0.4) is 0 Å². The van der Waals surface area contributed by atoms with E-state index in [1.54, 1.807) is 6.07 Å². The van der Waals surface area contributed by atoms with Crippen LogP contribution in [0.2, 0.25) is 0 Å². The molecule has 33 heavy (non-hydrogen) atoms. The standard InChI is InChI=1S/C27H44O6/c1-2-3-4-5-6-7-8-9-10-11-12-13-14-16-21-17-15-18-22(19-21)32-27-26(31)25(30)24(29)23(20-28)33-27/h7-8,15,17-19,23-31H,2-6,9-14,16,20H2,1H3/b8-7-/t23-,24+,25+,26-,27-/m1/s1. The Morgan fingerprint density at radius 1 is 0.848 bits per heavy atom. The minimum atomic E-state index is -1.44. The third-order valence-corrected chi connectivity index (χ3v) is 6.23. The molecule has 1 heterocycles. The van der Waals surface area contributed by atoms with Gasteiger partial charge in [0.25, 0.3) is 0 Å². The van der Waals surface area contributed by atoms with Gasteiger partial charge in [0.15, 0.2) is 0 Å². The van der Waals surface area contributed by atoms with E-state index in [4.69, 9.17) is 9.47 Å². The zero-order valence-corrected chi connectivity index (χ0v) is 20.1. The Balaban J connectivity index is 1.62. The minimum absolute atomic E-state index is 0.472. The third-order valence-electron chi connectivity index (χ3n) is 6.23. The van der Waals surface area contributed by atoms with Crippen LogP contribution in [0.5, 0.6) is 5.75 Å². The van der Waals surface area contributed by atoms with Crippen LogP contribution in [-0.2, 0) is 11.2 Å². The van der Waals surface area contributed by atoms with Gasteiger partial charge in [-0.25, -0.2) is 0 Å². The lowest BCUT2D eigenvalue weighted by Gasteiger charge is -2.39. The van der Waals surface area contributed by atoms with E-state index in [-0.39, 0.29) is 0 Å². The maximum atomic E-state index is 10.1. The van der Waals surface area contributed by atoms with Gasteiger partial charge >= 0.3 is 0 Å². The summed E-state index contributed by atoms with van der Waals surface area (Å²) in [5.74, 6) is 0.526. The zero-order chi connectivity index (χ0) is 23.9. The summed E-state index contributed by atoms with van der Waals surface area (Å²) in [5, 5.41) is 39.2. The summed E-state index contributed by atoms with van der Waals surface area (Å²) in [5.41, 5.74) is 1.14. The summed E-state index contributed by atoms with van der Waals surface area (Å²) in [4.78, 5) is 0. The Kier molecular flexibility index (Phi) is 13.7. The molecule has 0 spiro atoms. The largest absolute Gasteiger partial charge is 0.462 e. The predicted octanol–water partition coefficient (Wildman–Crippen LogP) is 4.28. The molecule has 0 amide bonds. The molecule has 0 aromatic heterocycles. The second-order valence-electron chi connectivity index (χ2n) is 9.09. The van der Waals surface area contributed by atoms with Crippen molar-refractivity contribution >= 4 is 0 Å². The molecule has 6 nitrogen and oxygen atoms in total. The molecule has 0 saturated carbocycles. The third kappa shape index (κ3) is 10.1. The maximum Gasteiger partial charge on any atom is 0.229 e. The summed E-state index contributed by atoms with van der Waals surface area (Å²) in [6, 6.07) is 7.61. The molecular formula is C27H44O6. The predicted molar refractivity (Wildman–Crippen MR) is 130 cm³/mol. The highest BCUT2D eigenvalue weighted by Crippen LogP contribution is 2.25. The van der Waals surface area contributed by atoms with Crippen molar-refractivity contribution in [3.8, 4) is 5.75 Å². The number of benzene rings is 1. The second-order valence-corrected chi connectivity index (χ2v) is 9.09. The average molecular weight is 465 g/mol. The Bertz CT molecular complexity index is 662. The first-order valence-corrected chi connectivity index (χ1v) is 12.8. The molecule has 1 saturated heterocycles. The van der Waals surface area contributed by atoms with E-state index >= 15 is 0 Å². The molecule has 1 aromatic carbocycles. The van der Waals surface area contributed by atoms with Crippen molar-refractivity contribution in [2.45, 2.75) is 115 Å². The molecule has 0 bridgehead atoms. The minimum Gasteiger partial charge on any atom is -0.462 e. The van der Waals surface area contributed by atoms with E-state index < -0.39 is 37.3 Å². The molecular weight excluding hydrogens is 420 g/mol. The lowest BCUT2D eigenvalue weighted by atomic mass is 9.99. The lowest BCUT2D eigenvalue weighted by molar-refractivity contribution is -0.277. The summed E-state index contributed by atoms with van der Waals surface area (Å²) < 4.78 is 11.1. The fourth-order valence-corrected chi connectivity index (χ4v) is 4.12.